The molecule has 3 rings (SSSR count). The van der Waals surface area contributed by atoms with E-state index in [0.717, 1.165) is 10.1 Å². The summed E-state index contributed by atoms with van der Waals surface area (Å²) >= 11 is 2.95. The van der Waals surface area contributed by atoms with Crippen molar-refractivity contribution in [3.8, 4) is 0 Å². The zero-order valence-electron chi connectivity index (χ0n) is 11.8. The highest BCUT2D eigenvalue weighted by molar-refractivity contribution is 8.00. The zero-order chi connectivity index (χ0) is 15.4. The molecule has 0 atom stereocenters. The molecule has 1 N–H and O–H groups in total. The molecule has 0 saturated carbocycles. The molecule has 0 saturated heterocycles. The predicted octanol–water partition coefficient (Wildman–Crippen LogP) is 3.98. The van der Waals surface area contributed by atoms with Crippen molar-refractivity contribution in [3.63, 3.8) is 0 Å². The van der Waals surface area contributed by atoms with Crippen LogP contribution in [0.4, 0.5) is 5.13 Å². The van der Waals surface area contributed by atoms with Crippen molar-refractivity contribution in [3.05, 3.63) is 59.5 Å². The van der Waals surface area contributed by atoms with Gasteiger partial charge in [0.15, 0.2) is 10.1 Å². The van der Waals surface area contributed by atoms with Crippen LogP contribution in [0.15, 0.2) is 51.4 Å². The first-order valence-electron chi connectivity index (χ1n) is 6.58. The molecule has 0 radical (unpaired) electrons. The number of hydrogen-bond acceptors (Lipinski definition) is 6. The maximum absolute atomic E-state index is 11.8. The lowest BCUT2D eigenvalue weighted by molar-refractivity contribution is 0.0996. The first-order chi connectivity index (χ1) is 10.7. The van der Waals surface area contributed by atoms with Crippen LogP contribution in [0, 0.1) is 6.92 Å². The van der Waals surface area contributed by atoms with E-state index in [4.69, 9.17) is 4.42 Å². The van der Waals surface area contributed by atoms with Gasteiger partial charge in [0.05, 0.1) is 6.26 Å². The molecule has 0 bridgehead atoms. The molecule has 0 aliphatic carbocycles. The van der Waals surface area contributed by atoms with Crippen molar-refractivity contribution in [1.29, 1.82) is 0 Å². The Kier molecular flexibility index (Phi) is 4.55. The Bertz CT molecular complexity index is 769. The zero-order valence-corrected chi connectivity index (χ0v) is 13.4. The Morgan fingerprint density at radius 2 is 2.14 bits per heavy atom. The molecule has 2 aromatic heterocycles. The standard InChI is InChI=1S/C15H13N3O2S2/c1-10-5-2-3-6-11(10)9-21-15-18-17-14(22-15)16-13(19)12-7-4-8-20-12/h2-8H,9H2,1H3,(H,16,17,19). The lowest BCUT2D eigenvalue weighted by Gasteiger charge is -2.02. The van der Waals surface area contributed by atoms with E-state index in [1.54, 1.807) is 23.9 Å². The van der Waals surface area contributed by atoms with E-state index >= 15 is 0 Å². The topological polar surface area (TPSA) is 68.0 Å². The van der Waals surface area contributed by atoms with Gasteiger partial charge < -0.3 is 4.42 Å². The number of carbonyl (C=O) groups is 1. The third-order valence-corrected chi connectivity index (χ3v) is 5.01. The molecule has 1 aromatic carbocycles. The summed E-state index contributed by atoms with van der Waals surface area (Å²) in [6, 6.07) is 11.5. The molecule has 112 valence electrons. The third-order valence-electron chi connectivity index (χ3n) is 2.98. The molecule has 5 nitrogen and oxygen atoms in total. The highest BCUT2D eigenvalue weighted by atomic mass is 32.2. The van der Waals surface area contributed by atoms with Crippen LogP contribution in [0.3, 0.4) is 0 Å². The fourth-order valence-corrected chi connectivity index (χ4v) is 3.62. The van der Waals surface area contributed by atoms with E-state index in [0.29, 0.717) is 5.13 Å². The number of anilines is 1. The van der Waals surface area contributed by atoms with Crippen LogP contribution in [0.2, 0.25) is 0 Å². The van der Waals surface area contributed by atoms with Crippen LogP contribution in [0.5, 0.6) is 0 Å². The molecule has 0 unspecified atom stereocenters. The SMILES string of the molecule is Cc1ccccc1CSc1nnc(NC(=O)c2ccco2)s1. The second-order valence-corrected chi connectivity index (χ2v) is 6.72. The van der Waals surface area contributed by atoms with E-state index in [1.807, 2.05) is 12.1 Å². The van der Waals surface area contributed by atoms with Crippen LogP contribution < -0.4 is 5.32 Å². The molecule has 1 amide bonds. The average Bonchev–Trinajstić information content (AvgIpc) is 3.18. The molecule has 2 heterocycles. The van der Waals surface area contributed by atoms with E-state index in [2.05, 4.69) is 34.6 Å². The Balaban J connectivity index is 1.60. The Hall–Kier alpha value is -2.12. The van der Waals surface area contributed by atoms with Gasteiger partial charge in [0, 0.05) is 5.75 Å². The fraction of sp³-hybridized carbons (Fsp3) is 0.133. The molecule has 3 aromatic rings. The number of amides is 1. The number of nitrogens with zero attached hydrogens (tertiary/aromatic N) is 2. The highest BCUT2D eigenvalue weighted by Gasteiger charge is 2.12. The number of nitrogens with one attached hydrogen (secondary N) is 1. The van der Waals surface area contributed by atoms with Gasteiger partial charge in [-0.1, -0.05) is 47.4 Å². The summed E-state index contributed by atoms with van der Waals surface area (Å²) in [7, 11) is 0. The van der Waals surface area contributed by atoms with Gasteiger partial charge in [0.25, 0.3) is 5.91 Å². The molecule has 0 fully saturated rings. The number of aromatic nitrogens is 2. The molecule has 22 heavy (non-hydrogen) atoms. The summed E-state index contributed by atoms with van der Waals surface area (Å²) in [6.07, 6.45) is 1.46. The van der Waals surface area contributed by atoms with Gasteiger partial charge in [-0.25, -0.2) is 0 Å². The number of rotatable bonds is 5. The summed E-state index contributed by atoms with van der Waals surface area (Å²) in [6.45, 7) is 2.09. The van der Waals surface area contributed by atoms with Crippen molar-refractivity contribution < 1.29 is 9.21 Å². The highest BCUT2D eigenvalue weighted by Crippen LogP contribution is 2.29. The van der Waals surface area contributed by atoms with Gasteiger partial charge in [-0.3, -0.25) is 10.1 Å². The smallest absolute Gasteiger partial charge is 0.293 e. The largest absolute Gasteiger partial charge is 0.459 e. The van der Waals surface area contributed by atoms with Crippen molar-refractivity contribution in [1.82, 2.24) is 10.2 Å². The van der Waals surface area contributed by atoms with Crippen LogP contribution in [-0.4, -0.2) is 16.1 Å². The van der Waals surface area contributed by atoms with Crippen molar-refractivity contribution >= 4 is 34.1 Å². The molecule has 0 aliphatic rings. The maximum Gasteiger partial charge on any atom is 0.293 e. The van der Waals surface area contributed by atoms with Crippen LogP contribution >= 0.6 is 23.1 Å². The molecule has 0 aliphatic heterocycles. The lowest BCUT2D eigenvalue weighted by Crippen LogP contribution is -2.10. The van der Waals surface area contributed by atoms with Crippen LogP contribution in [0.1, 0.15) is 21.7 Å². The molecule has 0 spiro atoms. The van der Waals surface area contributed by atoms with Crippen molar-refractivity contribution in [2.45, 2.75) is 17.0 Å². The first-order valence-corrected chi connectivity index (χ1v) is 8.38. The minimum atomic E-state index is -0.323. The van der Waals surface area contributed by atoms with E-state index in [-0.39, 0.29) is 11.7 Å². The van der Waals surface area contributed by atoms with Crippen LogP contribution in [-0.2, 0) is 5.75 Å². The Morgan fingerprint density at radius 1 is 1.27 bits per heavy atom. The lowest BCUT2D eigenvalue weighted by atomic mass is 10.1. The minimum absolute atomic E-state index is 0.254. The summed E-state index contributed by atoms with van der Waals surface area (Å²) in [5, 5.41) is 11.2. The molecule has 7 heteroatoms. The number of hydrogen-bond donors (Lipinski definition) is 1. The minimum Gasteiger partial charge on any atom is -0.459 e. The Labute approximate surface area is 135 Å². The number of aryl methyl sites for hydroxylation is 1. The van der Waals surface area contributed by atoms with Gasteiger partial charge >= 0.3 is 0 Å². The van der Waals surface area contributed by atoms with E-state index < -0.39 is 0 Å². The maximum atomic E-state index is 11.8. The van der Waals surface area contributed by atoms with E-state index in [1.165, 1.54) is 28.7 Å². The summed E-state index contributed by atoms with van der Waals surface area (Å²) in [5.74, 6) is 0.758. The van der Waals surface area contributed by atoms with Gasteiger partial charge in [-0.2, -0.15) is 0 Å². The van der Waals surface area contributed by atoms with E-state index in [9.17, 15) is 4.79 Å². The number of carbonyl (C=O) groups excluding carboxylic acids is 1. The van der Waals surface area contributed by atoms with Gasteiger partial charge in [-0.05, 0) is 30.2 Å². The van der Waals surface area contributed by atoms with Crippen LogP contribution in [0.25, 0.3) is 0 Å². The number of furan rings is 1. The normalized spacial score (nSPS) is 10.6. The summed E-state index contributed by atoms with van der Waals surface area (Å²) in [5.41, 5.74) is 2.52. The summed E-state index contributed by atoms with van der Waals surface area (Å²) < 4.78 is 5.85. The second-order valence-electron chi connectivity index (χ2n) is 4.52. The number of thioether (sulfide) groups is 1. The molecular formula is C15H13N3O2S2. The van der Waals surface area contributed by atoms with Gasteiger partial charge in [0.1, 0.15) is 0 Å². The summed E-state index contributed by atoms with van der Waals surface area (Å²) in [4.78, 5) is 11.8. The second kappa shape index (κ2) is 6.76. The average molecular weight is 331 g/mol. The first kappa shape index (κ1) is 14.8. The fourth-order valence-electron chi connectivity index (χ4n) is 1.80. The van der Waals surface area contributed by atoms with Gasteiger partial charge in [0.2, 0.25) is 5.13 Å². The quantitative estimate of drug-likeness (QED) is 0.565. The van der Waals surface area contributed by atoms with Crippen molar-refractivity contribution in [2.75, 3.05) is 5.32 Å². The number of benzene rings is 1. The monoisotopic (exact) mass is 331 g/mol. The molecular weight excluding hydrogens is 318 g/mol. The van der Waals surface area contributed by atoms with Crippen molar-refractivity contribution in [2.24, 2.45) is 0 Å². The predicted molar refractivity (Wildman–Crippen MR) is 87.3 cm³/mol. The third kappa shape index (κ3) is 3.55. The Morgan fingerprint density at radius 3 is 2.91 bits per heavy atom. The van der Waals surface area contributed by atoms with Gasteiger partial charge in [-0.15, -0.1) is 10.2 Å².